The van der Waals surface area contributed by atoms with Crippen LogP contribution in [0.25, 0.3) is 0 Å². The van der Waals surface area contributed by atoms with Crippen LogP contribution in [0.15, 0.2) is 57.8 Å². The monoisotopic (exact) mass is 333 g/mol. The molecule has 6 nitrogen and oxygen atoms in total. The van der Waals surface area contributed by atoms with Gasteiger partial charge in [0.25, 0.3) is 15.9 Å². The zero-order chi connectivity index (χ0) is 16.6. The molecule has 23 heavy (non-hydrogen) atoms. The molecule has 0 atom stereocenters. The highest BCUT2D eigenvalue weighted by atomic mass is 32.2. The number of benzene rings is 2. The Morgan fingerprint density at radius 2 is 1.78 bits per heavy atom. The van der Waals surface area contributed by atoms with E-state index in [0.29, 0.717) is 5.56 Å². The molecule has 1 aliphatic heterocycles. The molecule has 3 rings (SSSR count). The first kappa shape index (κ1) is 15.2. The standard InChI is InChI=1S/C15H12FN3O3S/c1-19(17-15(20)10-6-8-11(16)9-7-10)14-12-4-2-3-5-13(12)23(21,22)18-14/h2-9H,1H3,(H,17,20). The molecule has 0 saturated heterocycles. The van der Waals surface area contributed by atoms with Gasteiger partial charge >= 0.3 is 0 Å². The van der Waals surface area contributed by atoms with Gasteiger partial charge in [0.2, 0.25) is 0 Å². The van der Waals surface area contributed by atoms with Gasteiger partial charge in [-0.25, -0.2) is 4.39 Å². The molecule has 118 valence electrons. The molecular formula is C15H12FN3O3S. The molecule has 0 spiro atoms. The second-order valence-electron chi connectivity index (χ2n) is 4.89. The molecule has 8 heteroatoms. The van der Waals surface area contributed by atoms with E-state index in [0.717, 1.165) is 0 Å². The number of fused-ring (bicyclic) bond motifs is 1. The Bertz CT molecular complexity index is 908. The summed E-state index contributed by atoms with van der Waals surface area (Å²) in [5.41, 5.74) is 3.17. The van der Waals surface area contributed by atoms with Crippen LogP contribution in [0.4, 0.5) is 4.39 Å². The van der Waals surface area contributed by atoms with Crippen molar-refractivity contribution in [1.29, 1.82) is 0 Å². The molecule has 0 radical (unpaired) electrons. The highest BCUT2D eigenvalue weighted by molar-refractivity contribution is 7.90. The van der Waals surface area contributed by atoms with Crippen LogP contribution in [0, 0.1) is 5.82 Å². The minimum Gasteiger partial charge on any atom is -0.270 e. The van der Waals surface area contributed by atoms with E-state index in [1.54, 1.807) is 18.2 Å². The lowest BCUT2D eigenvalue weighted by molar-refractivity contribution is 0.0887. The number of carbonyl (C=O) groups is 1. The van der Waals surface area contributed by atoms with E-state index < -0.39 is 21.7 Å². The van der Waals surface area contributed by atoms with Crippen molar-refractivity contribution in [3.05, 3.63) is 65.5 Å². The SMILES string of the molecule is CN(NC(=O)c1ccc(F)cc1)C1=NS(=O)(=O)c2ccccc21. The van der Waals surface area contributed by atoms with E-state index in [-0.39, 0.29) is 16.3 Å². The van der Waals surface area contributed by atoms with E-state index >= 15 is 0 Å². The fourth-order valence-electron chi connectivity index (χ4n) is 2.20. The van der Waals surface area contributed by atoms with Crippen molar-refractivity contribution in [2.75, 3.05) is 7.05 Å². The number of hydrogen-bond donors (Lipinski definition) is 1. The first-order valence-corrected chi connectivity index (χ1v) is 8.07. The molecule has 2 aromatic rings. The summed E-state index contributed by atoms with van der Waals surface area (Å²) in [6, 6.07) is 11.4. The zero-order valence-corrected chi connectivity index (χ0v) is 12.8. The summed E-state index contributed by atoms with van der Waals surface area (Å²) in [4.78, 5) is 12.2. The molecule has 0 fully saturated rings. The summed E-state index contributed by atoms with van der Waals surface area (Å²) in [6.07, 6.45) is 0. The number of hydrogen-bond acceptors (Lipinski definition) is 4. The number of amidine groups is 1. The van der Waals surface area contributed by atoms with Gasteiger partial charge in [-0.2, -0.15) is 8.42 Å². The van der Waals surface area contributed by atoms with Crippen molar-refractivity contribution in [3.8, 4) is 0 Å². The highest BCUT2D eigenvalue weighted by Crippen LogP contribution is 2.26. The summed E-state index contributed by atoms with van der Waals surface area (Å²) in [5, 5.41) is 1.23. The molecule has 1 N–H and O–H groups in total. The molecule has 1 heterocycles. The van der Waals surface area contributed by atoms with Crippen LogP contribution >= 0.6 is 0 Å². The number of amides is 1. The average molecular weight is 333 g/mol. The van der Waals surface area contributed by atoms with Gasteiger partial charge in [-0.1, -0.05) is 12.1 Å². The van der Waals surface area contributed by atoms with Crippen LogP contribution in [0.3, 0.4) is 0 Å². The summed E-state index contributed by atoms with van der Waals surface area (Å²) in [6.45, 7) is 0. The molecule has 0 unspecified atom stereocenters. The van der Waals surface area contributed by atoms with Crippen LogP contribution in [-0.2, 0) is 10.0 Å². The normalized spacial score (nSPS) is 14.8. The number of rotatable bonds is 1. The Hall–Kier alpha value is -2.74. The Morgan fingerprint density at radius 3 is 2.48 bits per heavy atom. The number of nitrogens with zero attached hydrogens (tertiary/aromatic N) is 2. The first-order valence-electron chi connectivity index (χ1n) is 6.63. The number of hydrazine groups is 1. The maximum Gasteiger partial charge on any atom is 0.285 e. The van der Waals surface area contributed by atoms with E-state index in [1.807, 2.05) is 0 Å². The van der Waals surface area contributed by atoms with Crippen LogP contribution in [-0.4, -0.2) is 32.2 Å². The van der Waals surface area contributed by atoms with Gasteiger partial charge in [0.05, 0.1) is 0 Å². The predicted molar refractivity (Wildman–Crippen MR) is 81.8 cm³/mol. The molecule has 1 aliphatic rings. The topological polar surface area (TPSA) is 78.8 Å². The Morgan fingerprint density at radius 1 is 1.13 bits per heavy atom. The van der Waals surface area contributed by atoms with E-state index in [9.17, 15) is 17.6 Å². The maximum absolute atomic E-state index is 12.9. The van der Waals surface area contributed by atoms with Crippen LogP contribution in [0.1, 0.15) is 15.9 Å². The van der Waals surface area contributed by atoms with Crippen LogP contribution in [0.5, 0.6) is 0 Å². The van der Waals surface area contributed by atoms with Crippen LogP contribution in [0.2, 0.25) is 0 Å². The molecule has 0 bridgehead atoms. The van der Waals surface area contributed by atoms with Crippen molar-refractivity contribution < 1.29 is 17.6 Å². The summed E-state index contributed by atoms with van der Waals surface area (Å²) in [5.74, 6) is -0.830. The van der Waals surface area contributed by atoms with Gasteiger partial charge in [-0.05, 0) is 36.4 Å². The third-order valence-corrected chi connectivity index (χ3v) is 4.63. The Balaban J connectivity index is 1.86. The summed E-state index contributed by atoms with van der Waals surface area (Å²) in [7, 11) is -2.28. The second kappa shape index (κ2) is 5.47. The van der Waals surface area contributed by atoms with Crippen molar-refractivity contribution in [2.24, 2.45) is 4.40 Å². The van der Waals surface area contributed by atoms with Gasteiger partial charge in [0.1, 0.15) is 10.7 Å². The van der Waals surface area contributed by atoms with Gasteiger partial charge in [-0.3, -0.25) is 15.2 Å². The Labute approximate surface area is 132 Å². The molecule has 0 aliphatic carbocycles. The van der Waals surface area contributed by atoms with Gasteiger partial charge < -0.3 is 0 Å². The van der Waals surface area contributed by atoms with Gasteiger partial charge in [-0.15, -0.1) is 4.40 Å². The third-order valence-electron chi connectivity index (χ3n) is 3.31. The molecule has 0 saturated carbocycles. The summed E-state index contributed by atoms with van der Waals surface area (Å²) >= 11 is 0. The summed E-state index contributed by atoms with van der Waals surface area (Å²) < 4.78 is 40.6. The van der Waals surface area contributed by atoms with E-state index in [4.69, 9.17) is 0 Å². The minimum absolute atomic E-state index is 0.0953. The highest BCUT2D eigenvalue weighted by Gasteiger charge is 2.31. The van der Waals surface area contributed by atoms with Gasteiger partial charge in [0, 0.05) is 18.2 Å². The first-order chi connectivity index (χ1) is 10.9. The number of carbonyl (C=O) groups excluding carboxylic acids is 1. The lowest BCUT2D eigenvalue weighted by atomic mass is 10.2. The fraction of sp³-hybridized carbons (Fsp3) is 0.0667. The quantitative estimate of drug-likeness (QED) is 0.803. The van der Waals surface area contributed by atoms with Crippen molar-refractivity contribution >= 4 is 21.8 Å². The molecule has 2 aromatic carbocycles. The Kier molecular flexibility index (Phi) is 3.61. The largest absolute Gasteiger partial charge is 0.285 e. The molecule has 0 aromatic heterocycles. The minimum atomic E-state index is -3.76. The number of nitrogens with one attached hydrogen (secondary N) is 1. The number of sulfonamides is 1. The lowest BCUT2D eigenvalue weighted by Gasteiger charge is -2.19. The van der Waals surface area contributed by atoms with E-state index in [2.05, 4.69) is 9.82 Å². The van der Waals surface area contributed by atoms with Crippen molar-refractivity contribution in [1.82, 2.24) is 10.4 Å². The second-order valence-corrected chi connectivity index (χ2v) is 6.47. The third kappa shape index (κ3) is 2.80. The maximum atomic E-state index is 12.9. The van der Waals surface area contributed by atoms with Crippen molar-refractivity contribution in [2.45, 2.75) is 4.90 Å². The molecular weight excluding hydrogens is 321 g/mol. The fourth-order valence-corrected chi connectivity index (χ4v) is 3.44. The average Bonchev–Trinajstić information content (AvgIpc) is 2.80. The smallest absolute Gasteiger partial charge is 0.270 e. The van der Waals surface area contributed by atoms with Gasteiger partial charge in [0.15, 0.2) is 5.84 Å². The zero-order valence-electron chi connectivity index (χ0n) is 12.0. The van der Waals surface area contributed by atoms with E-state index in [1.165, 1.54) is 42.4 Å². The van der Waals surface area contributed by atoms with Crippen molar-refractivity contribution in [3.63, 3.8) is 0 Å². The molecule has 1 amide bonds. The van der Waals surface area contributed by atoms with Crippen LogP contribution < -0.4 is 5.43 Å². The lowest BCUT2D eigenvalue weighted by Crippen LogP contribution is -2.43. The number of halogens is 1. The predicted octanol–water partition coefficient (Wildman–Crippen LogP) is 1.55.